The van der Waals surface area contributed by atoms with Gasteiger partial charge in [0.25, 0.3) is 0 Å². The molecular weight excluding hydrogens is 465 g/mol. The monoisotopic (exact) mass is 497 g/mol. The lowest BCUT2D eigenvalue weighted by atomic mass is 10.1. The lowest BCUT2D eigenvalue weighted by molar-refractivity contribution is 0.172. The number of nitrogens with zero attached hydrogens (tertiary/aromatic N) is 6. The van der Waals surface area contributed by atoms with Crippen LogP contribution < -0.4 is 5.32 Å². The summed E-state index contributed by atoms with van der Waals surface area (Å²) >= 11 is 0. The maximum absolute atomic E-state index is 4.47. The predicted octanol–water partition coefficient (Wildman–Crippen LogP) is 2.16. The molecule has 0 amide bonds. The van der Waals surface area contributed by atoms with Crippen molar-refractivity contribution >= 4 is 29.9 Å². The fraction of sp³-hybridized carbons (Fsp3) is 0.550. The Balaban J connectivity index is 0.00000280. The van der Waals surface area contributed by atoms with Gasteiger partial charge in [-0.2, -0.15) is 0 Å². The van der Waals surface area contributed by atoms with Gasteiger partial charge in [0.2, 0.25) is 0 Å². The highest BCUT2D eigenvalue weighted by Crippen LogP contribution is 2.10. The summed E-state index contributed by atoms with van der Waals surface area (Å²) < 4.78 is 2.10. The van der Waals surface area contributed by atoms with Gasteiger partial charge in [-0.3, -0.25) is 9.89 Å². The standard InChI is InChI=1S/C20H31N7.HI/c1-4-19-24-23-16-27(19)9-8-22-20(21-3)26-12-10-25(11-13-26)15-18-7-5-6-17(2)14-18;/h5-7,14,16H,4,8-13,15H2,1-3H3,(H,21,22);1H. The van der Waals surface area contributed by atoms with Crippen LogP contribution in [0.4, 0.5) is 0 Å². The van der Waals surface area contributed by atoms with Crippen molar-refractivity contribution in [3.8, 4) is 0 Å². The first kappa shape index (κ1) is 22.6. The van der Waals surface area contributed by atoms with Crippen molar-refractivity contribution in [2.24, 2.45) is 4.99 Å². The Labute approximate surface area is 185 Å². The number of rotatable bonds is 6. The first-order valence-electron chi connectivity index (χ1n) is 9.79. The smallest absolute Gasteiger partial charge is 0.193 e. The fourth-order valence-electron chi connectivity index (χ4n) is 3.55. The Bertz CT molecular complexity index is 751. The van der Waals surface area contributed by atoms with Gasteiger partial charge in [-0.15, -0.1) is 34.2 Å². The second-order valence-electron chi connectivity index (χ2n) is 7.02. The van der Waals surface area contributed by atoms with E-state index in [1.807, 2.05) is 7.05 Å². The summed E-state index contributed by atoms with van der Waals surface area (Å²) in [7, 11) is 1.86. The molecule has 1 saturated heterocycles. The average Bonchev–Trinajstić information content (AvgIpc) is 3.14. The molecule has 1 fully saturated rings. The summed E-state index contributed by atoms with van der Waals surface area (Å²) in [5.74, 6) is 2.01. The molecule has 154 valence electrons. The topological polar surface area (TPSA) is 61.6 Å². The van der Waals surface area contributed by atoms with Gasteiger partial charge in [0.15, 0.2) is 5.96 Å². The number of piperazine rings is 1. The summed E-state index contributed by atoms with van der Waals surface area (Å²) in [6.07, 6.45) is 2.70. The lowest BCUT2D eigenvalue weighted by Crippen LogP contribution is -2.52. The molecule has 0 unspecified atom stereocenters. The Kier molecular flexibility index (Phi) is 9.17. The number of benzene rings is 1. The third-order valence-electron chi connectivity index (χ3n) is 5.02. The van der Waals surface area contributed by atoms with Crippen LogP contribution in [0.25, 0.3) is 0 Å². The van der Waals surface area contributed by atoms with Crippen molar-refractivity contribution in [1.82, 2.24) is 29.9 Å². The molecule has 1 aromatic heterocycles. The van der Waals surface area contributed by atoms with Crippen molar-refractivity contribution in [3.05, 3.63) is 47.5 Å². The molecule has 0 aliphatic carbocycles. The number of guanidine groups is 1. The molecule has 0 saturated carbocycles. The molecule has 0 radical (unpaired) electrons. The van der Waals surface area contributed by atoms with Crippen LogP contribution in [0.2, 0.25) is 0 Å². The molecular formula is C20H32IN7. The molecule has 1 aliphatic rings. The van der Waals surface area contributed by atoms with Gasteiger partial charge in [0, 0.05) is 59.3 Å². The first-order chi connectivity index (χ1) is 13.2. The summed E-state index contributed by atoms with van der Waals surface area (Å²) in [6, 6.07) is 8.80. The SMILES string of the molecule is CCc1nncn1CCNC(=NC)N1CCN(Cc2cccc(C)c2)CC1.I. The first-order valence-corrected chi connectivity index (χ1v) is 9.79. The van der Waals surface area contributed by atoms with Crippen LogP contribution in [0.1, 0.15) is 23.9 Å². The van der Waals surface area contributed by atoms with Crippen molar-refractivity contribution in [3.63, 3.8) is 0 Å². The summed E-state index contributed by atoms with van der Waals surface area (Å²) in [6.45, 7) is 11.1. The minimum atomic E-state index is 0. The molecule has 2 heterocycles. The highest BCUT2D eigenvalue weighted by atomic mass is 127. The van der Waals surface area contributed by atoms with E-state index >= 15 is 0 Å². The van der Waals surface area contributed by atoms with E-state index in [2.05, 4.69) is 73.0 Å². The molecule has 28 heavy (non-hydrogen) atoms. The van der Waals surface area contributed by atoms with E-state index in [9.17, 15) is 0 Å². The molecule has 1 aromatic carbocycles. The Morgan fingerprint density at radius 1 is 1.21 bits per heavy atom. The van der Waals surface area contributed by atoms with E-state index in [1.54, 1.807) is 6.33 Å². The van der Waals surface area contributed by atoms with Gasteiger partial charge in [-0.1, -0.05) is 36.8 Å². The highest BCUT2D eigenvalue weighted by molar-refractivity contribution is 14.0. The molecule has 8 heteroatoms. The van der Waals surface area contributed by atoms with E-state index in [1.165, 1.54) is 11.1 Å². The van der Waals surface area contributed by atoms with E-state index in [0.717, 1.165) is 64.0 Å². The number of nitrogens with one attached hydrogen (secondary N) is 1. The quantitative estimate of drug-likeness (QED) is 0.377. The number of halogens is 1. The second-order valence-corrected chi connectivity index (χ2v) is 7.02. The molecule has 0 atom stereocenters. The molecule has 0 bridgehead atoms. The third kappa shape index (κ3) is 6.16. The van der Waals surface area contributed by atoms with Crippen molar-refractivity contribution < 1.29 is 0 Å². The predicted molar refractivity (Wildman–Crippen MR) is 124 cm³/mol. The number of aromatic nitrogens is 3. The summed E-state index contributed by atoms with van der Waals surface area (Å²) in [5, 5.41) is 11.6. The average molecular weight is 497 g/mol. The van der Waals surface area contributed by atoms with Crippen LogP contribution in [0.3, 0.4) is 0 Å². The van der Waals surface area contributed by atoms with E-state index < -0.39 is 0 Å². The zero-order valence-corrected chi connectivity index (χ0v) is 19.5. The third-order valence-corrected chi connectivity index (χ3v) is 5.02. The van der Waals surface area contributed by atoms with Crippen LogP contribution in [-0.4, -0.2) is 70.3 Å². The molecule has 2 aromatic rings. The van der Waals surface area contributed by atoms with Gasteiger partial charge in [-0.05, 0) is 12.5 Å². The zero-order valence-electron chi connectivity index (χ0n) is 17.1. The van der Waals surface area contributed by atoms with Crippen molar-refractivity contribution in [2.45, 2.75) is 33.4 Å². The molecule has 1 aliphatic heterocycles. The molecule has 1 N–H and O–H groups in total. The zero-order chi connectivity index (χ0) is 19.1. The van der Waals surface area contributed by atoms with Crippen molar-refractivity contribution in [1.29, 1.82) is 0 Å². The maximum atomic E-state index is 4.47. The molecule has 3 rings (SSSR count). The van der Waals surface area contributed by atoms with Gasteiger partial charge in [0.05, 0.1) is 0 Å². The van der Waals surface area contributed by atoms with Crippen LogP contribution in [0.15, 0.2) is 35.6 Å². The van der Waals surface area contributed by atoms with Crippen LogP contribution in [0.5, 0.6) is 0 Å². The number of aliphatic imine (C=N–C) groups is 1. The van der Waals surface area contributed by atoms with E-state index in [-0.39, 0.29) is 24.0 Å². The second kappa shape index (κ2) is 11.4. The highest BCUT2D eigenvalue weighted by Gasteiger charge is 2.19. The normalized spacial score (nSPS) is 15.4. The Morgan fingerprint density at radius 3 is 2.68 bits per heavy atom. The van der Waals surface area contributed by atoms with Gasteiger partial charge < -0.3 is 14.8 Å². The van der Waals surface area contributed by atoms with Crippen molar-refractivity contribution in [2.75, 3.05) is 39.8 Å². The number of hydrogen-bond acceptors (Lipinski definition) is 4. The molecule has 0 spiro atoms. The van der Waals surface area contributed by atoms with Gasteiger partial charge in [-0.25, -0.2) is 0 Å². The fourth-order valence-corrected chi connectivity index (χ4v) is 3.55. The van der Waals surface area contributed by atoms with E-state index in [0.29, 0.717) is 0 Å². The van der Waals surface area contributed by atoms with E-state index in [4.69, 9.17) is 0 Å². The number of hydrogen-bond donors (Lipinski definition) is 1. The Hall–Kier alpha value is -1.68. The lowest BCUT2D eigenvalue weighted by Gasteiger charge is -2.36. The molecule has 7 nitrogen and oxygen atoms in total. The summed E-state index contributed by atoms with van der Waals surface area (Å²) in [4.78, 5) is 9.33. The minimum Gasteiger partial charge on any atom is -0.354 e. The van der Waals surface area contributed by atoms with Crippen LogP contribution in [-0.2, 0) is 19.5 Å². The summed E-state index contributed by atoms with van der Waals surface area (Å²) in [5.41, 5.74) is 2.72. The Morgan fingerprint density at radius 2 is 2.00 bits per heavy atom. The van der Waals surface area contributed by atoms with Gasteiger partial charge >= 0.3 is 0 Å². The van der Waals surface area contributed by atoms with Crippen LogP contribution >= 0.6 is 24.0 Å². The largest absolute Gasteiger partial charge is 0.354 e. The van der Waals surface area contributed by atoms with Crippen LogP contribution in [0, 0.1) is 6.92 Å². The maximum Gasteiger partial charge on any atom is 0.193 e. The van der Waals surface area contributed by atoms with Gasteiger partial charge in [0.1, 0.15) is 12.2 Å². The number of aryl methyl sites for hydroxylation is 2. The minimum absolute atomic E-state index is 0.